The van der Waals surface area contributed by atoms with Crippen LogP contribution < -0.4 is 15.4 Å². The highest BCUT2D eigenvalue weighted by atomic mass is 16.5. The van der Waals surface area contributed by atoms with Gasteiger partial charge in [0.1, 0.15) is 11.6 Å². The molecule has 1 aromatic heterocycles. The summed E-state index contributed by atoms with van der Waals surface area (Å²) in [5, 5.41) is 6.11. The summed E-state index contributed by atoms with van der Waals surface area (Å²) in [6.07, 6.45) is 4.82. The van der Waals surface area contributed by atoms with Crippen LogP contribution in [0, 0.1) is 5.92 Å². The quantitative estimate of drug-likeness (QED) is 0.885. The monoisotopic (exact) mass is 297 g/mol. The van der Waals surface area contributed by atoms with E-state index in [1.54, 1.807) is 13.3 Å². The van der Waals surface area contributed by atoms with Crippen molar-refractivity contribution < 1.29 is 9.53 Å². The summed E-state index contributed by atoms with van der Waals surface area (Å²) >= 11 is 0. The smallest absolute Gasteiger partial charge is 0.227 e. The third kappa shape index (κ3) is 3.36. The Kier molecular flexibility index (Phi) is 4.23. The van der Waals surface area contributed by atoms with Crippen molar-refractivity contribution >= 4 is 23.1 Å². The molecule has 0 unspecified atom stereocenters. The third-order valence-corrected chi connectivity index (χ3v) is 3.87. The summed E-state index contributed by atoms with van der Waals surface area (Å²) in [5.41, 5.74) is 1.66. The molecule has 1 heterocycles. The predicted octanol–water partition coefficient (Wildman–Crippen LogP) is 3.57. The molecule has 0 aliphatic heterocycles. The number of nitrogens with zero attached hydrogens (tertiary/aromatic N) is 1. The minimum absolute atomic E-state index is 0.101. The van der Waals surface area contributed by atoms with Gasteiger partial charge in [-0.15, -0.1) is 0 Å². The third-order valence-electron chi connectivity index (χ3n) is 3.87. The fraction of sp³-hybridized carbons (Fsp3) is 0.294. The van der Waals surface area contributed by atoms with E-state index >= 15 is 0 Å². The lowest BCUT2D eigenvalue weighted by atomic mass is 9.85. The molecule has 1 saturated carbocycles. The highest BCUT2D eigenvalue weighted by molar-refractivity contribution is 5.92. The number of nitrogens with one attached hydrogen (secondary N) is 2. The number of methoxy groups -OCH3 is 1. The molecule has 0 atom stereocenters. The van der Waals surface area contributed by atoms with Gasteiger partial charge in [0.25, 0.3) is 0 Å². The van der Waals surface area contributed by atoms with Crippen molar-refractivity contribution in [3.63, 3.8) is 0 Å². The molecular formula is C17H19N3O2. The summed E-state index contributed by atoms with van der Waals surface area (Å²) in [4.78, 5) is 16.2. The molecule has 1 aliphatic rings. The Morgan fingerprint density at radius 1 is 1.14 bits per heavy atom. The summed E-state index contributed by atoms with van der Waals surface area (Å²) in [6.45, 7) is 0. The first-order chi connectivity index (χ1) is 10.7. The normalized spacial score (nSPS) is 14.0. The maximum absolute atomic E-state index is 11.9. The van der Waals surface area contributed by atoms with Gasteiger partial charge in [0.05, 0.1) is 19.0 Å². The minimum atomic E-state index is 0.101. The van der Waals surface area contributed by atoms with Gasteiger partial charge in [-0.1, -0.05) is 6.42 Å². The molecule has 0 saturated heterocycles. The summed E-state index contributed by atoms with van der Waals surface area (Å²) < 4.78 is 5.12. The highest BCUT2D eigenvalue weighted by Gasteiger charge is 2.25. The number of amides is 1. The van der Waals surface area contributed by atoms with Crippen LogP contribution in [0.5, 0.6) is 5.75 Å². The number of hydrogen-bond donors (Lipinski definition) is 2. The average molecular weight is 297 g/mol. The maximum Gasteiger partial charge on any atom is 0.227 e. The fourth-order valence-electron chi connectivity index (χ4n) is 2.28. The molecule has 0 bridgehead atoms. The van der Waals surface area contributed by atoms with Crippen molar-refractivity contribution in [3.8, 4) is 5.75 Å². The largest absolute Gasteiger partial charge is 0.497 e. The Labute approximate surface area is 129 Å². The number of carbonyl (C=O) groups is 1. The second-order valence-electron chi connectivity index (χ2n) is 5.40. The fourth-order valence-corrected chi connectivity index (χ4v) is 2.28. The topological polar surface area (TPSA) is 63.2 Å². The van der Waals surface area contributed by atoms with Crippen molar-refractivity contribution in [2.75, 3.05) is 17.7 Å². The van der Waals surface area contributed by atoms with Crippen molar-refractivity contribution in [1.29, 1.82) is 0 Å². The second-order valence-corrected chi connectivity index (χ2v) is 5.40. The lowest BCUT2D eigenvalue weighted by molar-refractivity contribution is -0.122. The van der Waals surface area contributed by atoms with E-state index in [1.807, 2.05) is 36.4 Å². The molecule has 0 spiro atoms. The van der Waals surface area contributed by atoms with Crippen LogP contribution in [0.4, 0.5) is 17.2 Å². The molecule has 2 aromatic rings. The van der Waals surface area contributed by atoms with E-state index in [4.69, 9.17) is 4.74 Å². The zero-order valence-corrected chi connectivity index (χ0v) is 12.5. The van der Waals surface area contributed by atoms with Crippen molar-refractivity contribution in [3.05, 3.63) is 42.6 Å². The molecule has 0 radical (unpaired) electrons. The number of carbonyl (C=O) groups excluding carboxylic acids is 1. The van der Waals surface area contributed by atoms with Gasteiger partial charge >= 0.3 is 0 Å². The van der Waals surface area contributed by atoms with E-state index in [-0.39, 0.29) is 11.8 Å². The van der Waals surface area contributed by atoms with E-state index < -0.39 is 0 Å². The molecular weight excluding hydrogens is 278 g/mol. The van der Waals surface area contributed by atoms with Crippen LogP contribution in [0.3, 0.4) is 0 Å². The van der Waals surface area contributed by atoms with Crippen LogP contribution in [0.15, 0.2) is 42.6 Å². The maximum atomic E-state index is 11.9. The number of aromatic nitrogens is 1. The molecule has 1 aliphatic carbocycles. The predicted molar refractivity (Wildman–Crippen MR) is 86.5 cm³/mol. The molecule has 1 amide bonds. The summed E-state index contributed by atoms with van der Waals surface area (Å²) in [7, 11) is 1.64. The number of rotatable bonds is 5. The Bertz CT molecular complexity index is 634. The molecule has 114 valence electrons. The summed E-state index contributed by atoms with van der Waals surface area (Å²) in [5.74, 6) is 1.82. The summed E-state index contributed by atoms with van der Waals surface area (Å²) in [6, 6.07) is 11.3. The van der Waals surface area contributed by atoms with E-state index in [0.717, 1.165) is 42.2 Å². The van der Waals surface area contributed by atoms with Crippen molar-refractivity contribution in [1.82, 2.24) is 4.98 Å². The second kappa shape index (κ2) is 6.47. The van der Waals surface area contributed by atoms with E-state index in [2.05, 4.69) is 15.6 Å². The molecule has 2 N–H and O–H groups in total. The minimum Gasteiger partial charge on any atom is -0.497 e. The van der Waals surface area contributed by atoms with Gasteiger partial charge < -0.3 is 15.4 Å². The SMILES string of the molecule is COc1ccc(Nc2ccc(NC(=O)C3CCC3)cn2)cc1. The number of hydrogen-bond acceptors (Lipinski definition) is 4. The Balaban J connectivity index is 1.59. The molecule has 22 heavy (non-hydrogen) atoms. The van der Waals surface area contributed by atoms with Crippen LogP contribution >= 0.6 is 0 Å². The van der Waals surface area contributed by atoms with Gasteiger partial charge in [0.2, 0.25) is 5.91 Å². The van der Waals surface area contributed by atoms with Crippen LogP contribution in [-0.4, -0.2) is 18.0 Å². The first kappa shape index (κ1) is 14.4. The molecule has 3 rings (SSSR count). The van der Waals surface area contributed by atoms with Gasteiger partial charge in [0.15, 0.2) is 0 Å². The van der Waals surface area contributed by atoms with Crippen LogP contribution in [0.25, 0.3) is 0 Å². The van der Waals surface area contributed by atoms with E-state index in [9.17, 15) is 4.79 Å². The van der Waals surface area contributed by atoms with Crippen LogP contribution in [-0.2, 0) is 4.79 Å². The zero-order valence-electron chi connectivity index (χ0n) is 12.5. The Morgan fingerprint density at radius 3 is 2.41 bits per heavy atom. The molecule has 5 nitrogen and oxygen atoms in total. The van der Waals surface area contributed by atoms with Gasteiger partial charge in [-0.05, 0) is 49.2 Å². The van der Waals surface area contributed by atoms with E-state index in [1.165, 1.54) is 0 Å². The highest BCUT2D eigenvalue weighted by Crippen LogP contribution is 2.27. The molecule has 1 aromatic carbocycles. The van der Waals surface area contributed by atoms with Gasteiger partial charge in [-0.2, -0.15) is 0 Å². The number of ether oxygens (including phenoxy) is 1. The first-order valence-electron chi connectivity index (χ1n) is 7.42. The van der Waals surface area contributed by atoms with Crippen LogP contribution in [0.2, 0.25) is 0 Å². The average Bonchev–Trinajstić information content (AvgIpc) is 2.48. The lowest BCUT2D eigenvalue weighted by Gasteiger charge is -2.23. The Morgan fingerprint density at radius 2 is 1.86 bits per heavy atom. The lowest BCUT2D eigenvalue weighted by Crippen LogP contribution is -2.28. The molecule has 1 fully saturated rings. The van der Waals surface area contributed by atoms with Gasteiger partial charge in [-0.3, -0.25) is 4.79 Å². The number of pyridine rings is 1. The van der Waals surface area contributed by atoms with Crippen molar-refractivity contribution in [2.45, 2.75) is 19.3 Å². The van der Waals surface area contributed by atoms with Crippen LogP contribution in [0.1, 0.15) is 19.3 Å². The van der Waals surface area contributed by atoms with Crippen molar-refractivity contribution in [2.24, 2.45) is 5.92 Å². The standard InChI is InChI=1S/C17H19N3O2/c1-22-15-8-5-13(6-9-15)19-16-10-7-14(11-18-16)20-17(21)12-3-2-4-12/h5-12H,2-4H2,1H3,(H,18,19)(H,20,21). The Hall–Kier alpha value is -2.56. The van der Waals surface area contributed by atoms with Gasteiger partial charge in [-0.25, -0.2) is 4.98 Å². The zero-order chi connectivity index (χ0) is 15.4. The van der Waals surface area contributed by atoms with Gasteiger partial charge in [0, 0.05) is 11.6 Å². The van der Waals surface area contributed by atoms with E-state index in [0.29, 0.717) is 0 Å². The number of anilines is 3. The number of benzene rings is 1. The first-order valence-corrected chi connectivity index (χ1v) is 7.42. The molecule has 5 heteroatoms.